The zero-order chi connectivity index (χ0) is 25.8. The first kappa shape index (κ1) is 19.2. The Morgan fingerprint density at radius 3 is 2.35 bits per heavy atom. The quantitative estimate of drug-likeness (QED) is 0.348. The van der Waals surface area contributed by atoms with Gasteiger partial charge in [-0.3, -0.25) is 4.79 Å². The molecule has 0 radical (unpaired) electrons. The van der Waals surface area contributed by atoms with Crippen molar-refractivity contribution < 1.29 is 35.7 Å². The zero-order valence-electron chi connectivity index (χ0n) is 22.2. The van der Waals surface area contributed by atoms with Crippen molar-refractivity contribution in [2.45, 2.75) is 6.10 Å². The standard InChI is InChI=1S/C22H30N2O6.ClH/c1-27-13-12-24-22(26)17-30-21-9-7-20(8-10-21)28-14-11-23-15-18(25)16-29-19-5-3-2-4-6-19;/h2-10,18,23,25H,11-17H2,1H3,(H,24,26);1H/t18-;/m0./s1/i2D,3D,4D,5D,6D;. The van der Waals surface area contributed by atoms with E-state index in [2.05, 4.69) is 10.6 Å². The monoisotopic (exact) mass is 459 g/mol. The lowest BCUT2D eigenvalue weighted by atomic mass is 10.3. The first-order chi connectivity index (χ1) is 16.7. The Morgan fingerprint density at radius 1 is 1.00 bits per heavy atom. The van der Waals surface area contributed by atoms with E-state index < -0.39 is 36.3 Å². The number of carbonyl (C=O) groups excluding carboxylic acids is 1. The second-order valence-corrected chi connectivity index (χ2v) is 6.07. The fourth-order valence-electron chi connectivity index (χ4n) is 2.18. The molecule has 2 rings (SSSR count). The summed E-state index contributed by atoms with van der Waals surface area (Å²) in [5, 5.41) is 15.7. The second-order valence-electron chi connectivity index (χ2n) is 6.07. The first-order valence-electron chi connectivity index (χ1n) is 11.9. The molecule has 31 heavy (non-hydrogen) atoms. The van der Waals surface area contributed by atoms with E-state index in [-0.39, 0.29) is 43.8 Å². The molecule has 172 valence electrons. The molecule has 1 amide bonds. The van der Waals surface area contributed by atoms with E-state index in [1.165, 1.54) is 0 Å². The fraction of sp³-hybridized carbons (Fsp3) is 0.409. The van der Waals surface area contributed by atoms with E-state index in [9.17, 15) is 9.90 Å². The summed E-state index contributed by atoms with van der Waals surface area (Å²) in [5.74, 6) is 0.597. The van der Waals surface area contributed by atoms with Crippen LogP contribution in [0.3, 0.4) is 0 Å². The van der Waals surface area contributed by atoms with Crippen LogP contribution >= 0.6 is 12.4 Å². The summed E-state index contributed by atoms with van der Waals surface area (Å²) in [6.45, 7) is 1.40. The van der Waals surface area contributed by atoms with Crippen LogP contribution in [0.1, 0.15) is 6.85 Å². The van der Waals surface area contributed by atoms with Crippen molar-refractivity contribution in [2.24, 2.45) is 0 Å². The Hall–Kier alpha value is -2.52. The summed E-state index contributed by atoms with van der Waals surface area (Å²) in [5.41, 5.74) is 0. The number of benzene rings is 2. The number of carbonyl (C=O) groups is 1. The average molecular weight is 460 g/mol. The minimum Gasteiger partial charge on any atom is -0.492 e. The van der Waals surface area contributed by atoms with Gasteiger partial charge in [0.15, 0.2) is 6.61 Å². The van der Waals surface area contributed by atoms with Crippen molar-refractivity contribution in [3.63, 3.8) is 0 Å². The molecule has 0 bridgehead atoms. The maximum Gasteiger partial charge on any atom is 0.258 e. The van der Waals surface area contributed by atoms with Crippen LogP contribution in [0.5, 0.6) is 17.2 Å². The topological polar surface area (TPSA) is 98.3 Å². The van der Waals surface area contributed by atoms with Crippen molar-refractivity contribution in [2.75, 3.05) is 53.2 Å². The molecule has 0 aromatic heterocycles. The molecule has 0 spiro atoms. The van der Waals surface area contributed by atoms with Gasteiger partial charge in [0, 0.05) is 26.7 Å². The van der Waals surface area contributed by atoms with Crippen molar-refractivity contribution in [1.29, 1.82) is 0 Å². The number of aliphatic hydroxyl groups is 1. The zero-order valence-corrected chi connectivity index (χ0v) is 18.0. The number of hydrogen-bond acceptors (Lipinski definition) is 7. The van der Waals surface area contributed by atoms with Crippen LogP contribution in [0.4, 0.5) is 0 Å². The highest BCUT2D eigenvalue weighted by Gasteiger charge is 2.05. The SMILES string of the molecule is Cl.[2H]c1c([2H])c([2H])c(OC[C@@H](O)CNCCOc2ccc(OCC(=O)NCCOC)cc2)c([2H])c1[2H]. The molecule has 8 nitrogen and oxygen atoms in total. The lowest BCUT2D eigenvalue weighted by Crippen LogP contribution is -2.33. The van der Waals surface area contributed by atoms with Crippen LogP contribution < -0.4 is 24.8 Å². The Bertz CT molecular complexity index is 942. The molecule has 2 aromatic carbocycles. The molecule has 0 saturated heterocycles. The van der Waals surface area contributed by atoms with Gasteiger partial charge < -0.3 is 34.7 Å². The van der Waals surface area contributed by atoms with Gasteiger partial charge in [0.25, 0.3) is 5.91 Å². The number of ether oxygens (including phenoxy) is 4. The molecule has 0 saturated carbocycles. The third-order valence-electron chi connectivity index (χ3n) is 3.65. The highest BCUT2D eigenvalue weighted by molar-refractivity contribution is 5.85. The molecule has 9 heteroatoms. The summed E-state index contributed by atoms with van der Waals surface area (Å²) in [6.07, 6.45) is -0.962. The Kier molecular flexibility index (Phi) is 10.0. The van der Waals surface area contributed by atoms with Crippen molar-refractivity contribution in [3.05, 3.63) is 54.5 Å². The van der Waals surface area contributed by atoms with Gasteiger partial charge in [0.1, 0.15) is 36.6 Å². The molecule has 0 unspecified atom stereocenters. The fourth-order valence-corrected chi connectivity index (χ4v) is 2.18. The van der Waals surface area contributed by atoms with Crippen LogP contribution in [0.15, 0.2) is 54.5 Å². The third-order valence-corrected chi connectivity index (χ3v) is 3.65. The molecule has 0 aliphatic rings. The van der Waals surface area contributed by atoms with E-state index in [0.717, 1.165) is 0 Å². The highest BCUT2D eigenvalue weighted by Crippen LogP contribution is 2.17. The van der Waals surface area contributed by atoms with E-state index in [1.807, 2.05) is 0 Å². The number of rotatable bonds is 15. The van der Waals surface area contributed by atoms with Gasteiger partial charge in [-0.25, -0.2) is 0 Å². The normalized spacial score (nSPS) is 13.4. The Balaban J connectivity index is 0.00000648. The van der Waals surface area contributed by atoms with Crippen LogP contribution in [0.2, 0.25) is 0 Å². The van der Waals surface area contributed by atoms with Gasteiger partial charge in [-0.1, -0.05) is 18.1 Å². The maximum absolute atomic E-state index is 11.6. The molecule has 2 aromatic rings. The predicted octanol–water partition coefficient (Wildman–Crippen LogP) is 1.66. The van der Waals surface area contributed by atoms with Gasteiger partial charge in [0.05, 0.1) is 13.5 Å². The number of nitrogens with one attached hydrogen (secondary N) is 2. The largest absolute Gasteiger partial charge is 0.492 e. The highest BCUT2D eigenvalue weighted by atomic mass is 35.5. The predicted molar refractivity (Wildman–Crippen MR) is 120 cm³/mol. The molecular weight excluding hydrogens is 424 g/mol. The van der Waals surface area contributed by atoms with E-state index in [1.54, 1.807) is 31.4 Å². The first-order valence-corrected chi connectivity index (χ1v) is 9.44. The minimum absolute atomic E-state index is 0. The van der Waals surface area contributed by atoms with Crippen molar-refractivity contribution >= 4 is 18.3 Å². The molecule has 0 heterocycles. The van der Waals surface area contributed by atoms with E-state index in [4.69, 9.17) is 25.8 Å². The summed E-state index contributed by atoms with van der Waals surface area (Å²) in [7, 11) is 1.55. The van der Waals surface area contributed by atoms with Crippen LogP contribution in [-0.4, -0.2) is 70.3 Å². The number of amides is 1. The van der Waals surface area contributed by atoms with Gasteiger partial charge in [-0.05, 0) is 36.4 Å². The lowest BCUT2D eigenvalue weighted by molar-refractivity contribution is -0.123. The number of hydrogen-bond donors (Lipinski definition) is 3. The third kappa shape index (κ3) is 12.0. The Morgan fingerprint density at radius 2 is 1.68 bits per heavy atom. The summed E-state index contributed by atoms with van der Waals surface area (Å²) in [4.78, 5) is 11.6. The maximum atomic E-state index is 11.6. The number of methoxy groups -OCH3 is 1. The van der Waals surface area contributed by atoms with Gasteiger partial charge in [0.2, 0.25) is 0 Å². The summed E-state index contributed by atoms with van der Waals surface area (Å²) >= 11 is 0. The molecule has 3 N–H and O–H groups in total. The van der Waals surface area contributed by atoms with Crippen LogP contribution in [-0.2, 0) is 9.53 Å². The average Bonchev–Trinajstić information content (AvgIpc) is 2.85. The molecule has 0 aliphatic heterocycles. The molecular formula is C22H31ClN2O6. The van der Waals surface area contributed by atoms with Crippen molar-refractivity contribution in [3.8, 4) is 17.2 Å². The van der Waals surface area contributed by atoms with Crippen LogP contribution in [0.25, 0.3) is 0 Å². The number of halogens is 1. The van der Waals surface area contributed by atoms with E-state index >= 15 is 0 Å². The summed E-state index contributed by atoms with van der Waals surface area (Å²) < 4.78 is 59.5. The smallest absolute Gasteiger partial charge is 0.258 e. The summed E-state index contributed by atoms with van der Waals surface area (Å²) in [6, 6.07) is 4.40. The molecule has 1 atom stereocenters. The van der Waals surface area contributed by atoms with Gasteiger partial charge in [-0.2, -0.15) is 0 Å². The van der Waals surface area contributed by atoms with Gasteiger partial charge >= 0.3 is 0 Å². The van der Waals surface area contributed by atoms with Crippen LogP contribution in [0, 0.1) is 0 Å². The van der Waals surface area contributed by atoms with Crippen molar-refractivity contribution in [1.82, 2.24) is 10.6 Å². The number of para-hydroxylation sites is 1. The minimum atomic E-state index is -0.962. The molecule has 0 aliphatic carbocycles. The number of aliphatic hydroxyl groups excluding tert-OH is 1. The Labute approximate surface area is 196 Å². The van der Waals surface area contributed by atoms with E-state index in [0.29, 0.717) is 37.8 Å². The lowest BCUT2D eigenvalue weighted by Gasteiger charge is -2.13. The molecule has 0 fully saturated rings. The van der Waals surface area contributed by atoms with Gasteiger partial charge in [-0.15, -0.1) is 12.4 Å². The second kappa shape index (κ2) is 16.2.